The molecule has 30 heavy (non-hydrogen) atoms. The molecule has 1 amide bonds. The van der Waals surface area contributed by atoms with E-state index in [0.29, 0.717) is 39.3 Å². The Morgan fingerprint density at radius 2 is 1.77 bits per heavy atom. The van der Waals surface area contributed by atoms with Gasteiger partial charge in [0.2, 0.25) is 5.91 Å². The second-order valence-corrected chi connectivity index (χ2v) is 6.88. The Morgan fingerprint density at radius 3 is 2.40 bits per heavy atom. The molecule has 3 aromatic rings. The van der Waals surface area contributed by atoms with Gasteiger partial charge in [-0.1, -0.05) is 11.6 Å². The summed E-state index contributed by atoms with van der Waals surface area (Å²) in [6.07, 6.45) is 2.97. The third kappa shape index (κ3) is 4.46. The maximum absolute atomic E-state index is 13.2. The van der Waals surface area contributed by atoms with E-state index in [-0.39, 0.29) is 11.7 Å². The molecule has 0 atom stereocenters. The van der Waals surface area contributed by atoms with E-state index in [0.717, 1.165) is 5.56 Å². The van der Waals surface area contributed by atoms with Crippen LogP contribution in [0.1, 0.15) is 16.8 Å². The highest BCUT2D eigenvalue weighted by Gasteiger charge is 2.14. The number of rotatable bonds is 6. The second kappa shape index (κ2) is 9.00. The van der Waals surface area contributed by atoms with Gasteiger partial charge in [-0.3, -0.25) is 4.79 Å². The molecule has 8 heteroatoms. The smallest absolute Gasteiger partial charge is 0.248 e. The van der Waals surface area contributed by atoms with E-state index < -0.39 is 0 Å². The molecule has 2 aromatic carbocycles. The van der Waals surface area contributed by atoms with Crippen molar-refractivity contribution in [3.05, 3.63) is 70.3 Å². The predicted octanol–water partition coefficient (Wildman–Crippen LogP) is 4.95. The number of methoxy groups -OCH3 is 2. The standard InChI is InChI=1S/C22H21ClFN3O3/c1-13-11-19(29-3)20(30-4)12-18(13)25-21(28)10-9-17-14(2)26-27(22(17)23)16-7-5-15(24)6-8-16/h5-12H,1-4H3,(H,25,28)/b10-9+. The van der Waals surface area contributed by atoms with E-state index in [1.165, 1.54) is 30.0 Å². The molecule has 0 saturated carbocycles. The van der Waals surface area contributed by atoms with Crippen LogP contribution in [0.3, 0.4) is 0 Å². The summed E-state index contributed by atoms with van der Waals surface area (Å²) in [6.45, 7) is 3.64. The molecule has 0 unspecified atom stereocenters. The van der Waals surface area contributed by atoms with Crippen LogP contribution >= 0.6 is 11.6 Å². The Hall–Kier alpha value is -3.32. The number of anilines is 1. The van der Waals surface area contributed by atoms with E-state index in [1.54, 1.807) is 44.4 Å². The first-order valence-corrected chi connectivity index (χ1v) is 9.44. The van der Waals surface area contributed by atoms with Crippen LogP contribution in [0.15, 0.2) is 42.5 Å². The number of nitrogens with one attached hydrogen (secondary N) is 1. The molecular weight excluding hydrogens is 409 g/mol. The monoisotopic (exact) mass is 429 g/mol. The average molecular weight is 430 g/mol. The van der Waals surface area contributed by atoms with Gasteiger partial charge in [-0.25, -0.2) is 9.07 Å². The number of nitrogens with zero attached hydrogens (tertiary/aromatic N) is 2. The van der Waals surface area contributed by atoms with Crippen LogP contribution < -0.4 is 14.8 Å². The van der Waals surface area contributed by atoms with Crippen LogP contribution in [0.25, 0.3) is 11.8 Å². The molecule has 3 rings (SSSR count). The molecule has 0 aliphatic carbocycles. The van der Waals surface area contributed by atoms with Crippen LogP contribution in [0.2, 0.25) is 5.15 Å². The second-order valence-electron chi connectivity index (χ2n) is 6.52. The van der Waals surface area contributed by atoms with Gasteiger partial charge in [-0.05, 0) is 55.8 Å². The van der Waals surface area contributed by atoms with Gasteiger partial charge in [-0.15, -0.1) is 0 Å². The zero-order valence-electron chi connectivity index (χ0n) is 17.0. The van der Waals surface area contributed by atoms with Crippen molar-refractivity contribution in [3.63, 3.8) is 0 Å². The van der Waals surface area contributed by atoms with Crippen LogP contribution in [0, 0.1) is 19.7 Å². The van der Waals surface area contributed by atoms with E-state index in [4.69, 9.17) is 21.1 Å². The van der Waals surface area contributed by atoms with Crippen LogP contribution in [-0.4, -0.2) is 29.9 Å². The normalized spacial score (nSPS) is 11.0. The minimum Gasteiger partial charge on any atom is -0.493 e. The van der Waals surface area contributed by atoms with Gasteiger partial charge in [0.25, 0.3) is 0 Å². The van der Waals surface area contributed by atoms with E-state index in [2.05, 4.69) is 10.4 Å². The third-order valence-corrected chi connectivity index (χ3v) is 4.87. The summed E-state index contributed by atoms with van der Waals surface area (Å²) in [4.78, 5) is 12.4. The van der Waals surface area contributed by atoms with Crippen molar-refractivity contribution in [2.45, 2.75) is 13.8 Å². The highest BCUT2D eigenvalue weighted by Crippen LogP contribution is 2.33. The van der Waals surface area contributed by atoms with Crippen molar-refractivity contribution >= 4 is 29.3 Å². The summed E-state index contributed by atoms with van der Waals surface area (Å²) in [7, 11) is 3.08. The maximum atomic E-state index is 13.2. The summed E-state index contributed by atoms with van der Waals surface area (Å²) in [5.41, 5.74) is 3.28. The number of ether oxygens (including phenoxy) is 2. The fraction of sp³-hybridized carbons (Fsp3) is 0.182. The number of aromatic nitrogens is 2. The molecule has 1 aromatic heterocycles. The Bertz CT molecular complexity index is 1110. The summed E-state index contributed by atoms with van der Waals surface area (Å²) >= 11 is 6.44. The maximum Gasteiger partial charge on any atom is 0.248 e. The van der Waals surface area contributed by atoms with Crippen molar-refractivity contribution < 1.29 is 18.7 Å². The third-order valence-electron chi connectivity index (χ3n) is 4.51. The molecular formula is C22H21ClFN3O3. The molecule has 1 N–H and O–H groups in total. The first-order valence-electron chi connectivity index (χ1n) is 9.06. The topological polar surface area (TPSA) is 65.4 Å². The fourth-order valence-corrected chi connectivity index (χ4v) is 3.24. The first-order chi connectivity index (χ1) is 14.3. The van der Waals surface area contributed by atoms with Crippen LogP contribution in [0.5, 0.6) is 11.5 Å². The summed E-state index contributed by atoms with van der Waals surface area (Å²) < 4.78 is 25.2. The molecule has 1 heterocycles. The van der Waals surface area contributed by atoms with Gasteiger partial charge in [0, 0.05) is 23.4 Å². The molecule has 0 saturated heterocycles. The van der Waals surface area contributed by atoms with Crippen molar-refractivity contribution in [3.8, 4) is 17.2 Å². The van der Waals surface area contributed by atoms with E-state index in [9.17, 15) is 9.18 Å². The number of carbonyl (C=O) groups is 1. The van der Waals surface area contributed by atoms with Gasteiger partial charge in [0.15, 0.2) is 11.5 Å². The summed E-state index contributed by atoms with van der Waals surface area (Å²) in [5, 5.41) is 7.52. The van der Waals surface area contributed by atoms with Gasteiger partial charge in [0.05, 0.1) is 25.6 Å². The van der Waals surface area contributed by atoms with E-state index in [1.807, 2.05) is 6.92 Å². The minimum atomic E-state index is -0.346. The number of aryl methyl sites for hydroxylation is 2. The number of hydrogen-bond acceptors (Lipinski definition) is 4. The highest BCUT2D eigenvalue weighted by molar-refractivity contribution is 6.31. The van der Waals surface area contributed by atoms with E-state index >= 15 is 0 Å². The molecule has 0 bridgehead atoms. The van der Waals surface area contributed by atoms with Crippen molar-refractivity contribution in [1.82, 2.24) is 9.78 Å². The van der Waals surface area contributed by atoms with Crippen molar-refractivity contribution in [2.24, 2.45) is 0 Å². The highest BCUT2D eigenvalue weighted by atomic mass is 35.5. The average Bonchev–Trinajstić information content (AvgIpc) is 3.01. The Balaban J connectivity index is 1.81. The lowest BCUT2D eigenvalue weighted by Gasteiger charge is -2.12. The number of amides is 1. The van der Waals surface area contributed by atoms with Crippen LogP contribution in [-0.2, 0) is 4.79 Å². The van der Waals surface area contributed by atoms with Gasteiger partial charge in [-0.2, -0.15) is 5.10 Å². The molecule has 0 fully saturated rings. The lowest BCUT2D eigenvalue weighted by molar-refractivity contribution is -0.111. The minimum absolute atomic E-state index is 0.324. The lowest BCUT2D eigenvalue weighted by atomic mass is 10.1. The van der Waals surface area contributed by atoms with Crippen LogP contribution in [0.4, 0.5) is 10.1 Å². The first kappa shape index (κ1) is 21.4. The van der Waals surface area contributed by atoms with Crippen molar-refractivity contribution in [2.75, 3.05) is 19.5 Å². The predicted molar refractivity (Wildman–Crippen MR) is 115 cm³/mol. The zero-order chi connectivity index (χ0) is 21.8. The Labute approximate surface area is 178 Å². The Morgan fingerprint density at radius 1 is 1.13 bits per heavy atom. The molecule has 0 aliphatic rings. The molecule has 6 nitrogen and oxygen atoms in total. The number of hydrogen-bond donors (Lipinski definition) is 1. The van der Waals surface area contributed by atoms with Gasteiger partial charge in [0.1, 0.15) is 11.0 Å². The lowest BCUT2D eigenvalue weighted by Crippen LogP contribution is -2.09. The zero-order valence-corrected chi connectivity index (χ0v) is 17.7. The Kier molecular flexibility index (Phi) is 6.42. The SMILES string of the molecule is COc1cc(C)c(NC(=O)/C=C/c2c(C)nn(-c3ccc(F)cc3)c2Cl)cc1OC. The summed E-state index contributed by atoms with van der Waals surface area (Å²) in [5.74, 6) is 0.414. The van der Waals surface area contributed by atoms with Gasteiger partial charge < -0.3 is 14.8 Å². The largest absolute Gasteiger partial charge is 0.493 e. The number of benzene rings is 2. The molecule has 0 radical (unpaired) electrons. The van der Waals surface area contributed by atoms with Crippen molar-refractivity contribution in [1.29, 1.82) is 0 Å². The number of carbonyl (C=O) groups excluding carboxylic acids is 1. The molecule has 0 spiro atoms. The molecule has 156 valence electrons. The quantitative estimate of drug-likeness (QED) is 0.563. The summed E-state index contributed by atoms with van der Waals surface area (Å²) in [6, 6.07) is 9.30. The number of halogens is 2. The fourth-order valence-electron chi connectivity index (χ4n) is 2.90. The molecule has 0 aliphatic heterocycles. The van der Waals surface area contributed by atoms with Gasteiger partial charge >= 0.3 is 0 Å².